The molecule has 1 fully saturated rings. The normalized spacial score (nSPS) is 20.0. The van der Waals surface area contributed by atoms with Crippen molar-refractivity contribution >= 4 is 43.6 Å². The molecule has 1 atom stereocenters. The first-order chi connectivity index (χ1) is 12.6. The second kappa shape index (κ2) is 6.02. The van der Waals surface area contributed by atoms with Gasteiger partial charge in [-0.05, 0) is 42.4 Å². The molecule has 4 heterocycles. The SMILES string of the molecule is CN1CCC[C@H]1COc1nc2c3c(n1)c(F)c(Br)c1cnn(c13)CCN2. The van der Waals surface area contributed by atoms with Crippen molar-refractivity contribution in [2.45, 2.75) is 25.4 Å². The molecule has 2 aliphatic heterocycles. The molecule has 5 rings (SSSR count). The van der Waals surface area contributed by atoms with Crippen molar-refractivity contribution in [1.82, 2.24) is 24.6 Å². The lowest BCUT2D eigenvalue weighted by Crippen LogP contribution is -2.30. The molecule has 3 aromatic rings. The Kier molecular flexibility index (Phi) is 3.75. The van der Waals surface area contributed by atoms with E-state index in [1.54, 1.807) is 6.20 Å². The van der Waals surface area contributed by atoms with Gasteiger partial charge >= 0.3 is 6.01 Å². The first kappa shape index (κ1) is 16.2. The van der Waals surface area contributed by atoms with Gasteiger partial charge in [-0.2, -0.15) is 15.1 Å². The average molecular weight is 421 g/mol. The first-order valence-corrected chi connectivity index (χ1v) is 9.54. The van der Waals surface area contributed by atoms with Crippen LogP contribution in [-0.4, -0.2) is 57.4 Å². The van der Waals surface area contributed by atoms with Gasteiger partial charge in [-0.25, -0.2) is 4.39 Å². The minimum Gasteiger partial charge on any atom is -0.462 e. The molecule has 2 aromatic heterocycles. The molecule has 0 amide bonds. The third-order valence-electron chi connectivity index (χ3n) is 5.29. The molecule has 7 nitrogen and oxygen atoms in total. The Balaban J connectivity index is 1.63. The number of nitrogens with zero attached hydrogens (tertiary/aromatic N) is 5. The number of likely N-dealkylation sites (N-methyl/N-ethyl adjacent to an activating group) is 1. The van der Waals surface area contributed by atoms with Gasteiger partial charge in [-0.1, -0.05) is 0 Å². The van der Waals surface area contributed by atoms with E-state index in [1.807, 2.05) is 4.68 Å². The van der Waals surface area contributed by atoms with Crippen molar-refractivity contribution in [2.75, 3.05) is 32.1 Å². The fraction of sp³-hybridized carbons (Fsp3) is 0.471. The predicted octanol–water partition coefficient (Wildman–Crippen LogP) is 2.78. The van der Waals surface area contributed by atoms with Crippen LogP contribution in [0.25, 0.3) is 21.8 Å². The molecule has 1 aromatic carbocycles. The summed E-state index contributed by atoms with van der Waals surface area (Å²) in [6.07, 6.45) is 3.94. The molecule has 0 unspecified atom stereocenters. The van der Waals surface area contributed by atoms with E-state index < -0.39 is 5.82 Å². The predicted molar refractivity (Wildman–Crippen MR) is 100 cm³/mol. The number of benzene rings is 1. The summed E-state index contributed by atoms with van der Waals surface area (Å²) >= 11 is 3.36. The van der Waals surface area contributed by atoms with E-state index in [1.165, 1.54) is 6.42 Å². The number of ether oxygens (including phenoxy) is 1. The van der Waals surface area contributed by atoms with E-state index in [0.717, 1.165) is 23.9 Å². The lowest BCUT2D eigenvalue weighted by atomic mass is 10.1. The number of likely N-dealkylation sites (tertiary alicyclic amines) is 1. The topological polar surface area (TPSA) is 68.1 Å². The highest BCUT2D eigenvalue weighted by Gasteiger charge is 2.25. The van der Waals surface area contributed by atoms with Crippen LogP contribution in [0.15, 0.2) is 10.7 Å². The second-order valence-corrected chi connectivity index (χ2v) is 7.64. The number of rotatable bonds is 3. The van der Waals surface area contributed by atoms with E-state index >= 15 is 0 Å². The maximum absolute atomic E-state index is 15.0. The number of halogens is 2. The summed E-state index contributed by atoms with van der Waals surface area (Å²) in [4.78, 5) is 11.2. The van der Waals surface area contributed by atoms with E-state index in [2.05, 4.69) is 48.3 Å². The summed E-state index contributed by atoms with van der Waals surface area (Å²) in [5.41, 5.74) is 1.09. The van der Waals surface area contributed by atoms with E-state index in [9.17, 15) is 4.39 Å². The smallest absolute Gasteiger partial charge is 0.319 e. The van der Waals surface area contributed by atoms with Crippen LogP contribution in [0.4, 0.5) is 10.2 Å². The van der Waals surface area contributed by atoms with Crippen molar-refractivity contribution in [1.29, 1.82) is 0 Å². The quantitative estimate of drug-likeness (QED) is 0.702. The zero-order valence-corrected chi connectivity index (χ0v) is 15.9. The molecular weight excluding hydrogens is 403 g/mol. The number of nitrogens with one attached hydrogen (secondary N) is 1. The monoisotopic (exact) mass is 420 g/mol. The molecular formula is C17H18BrFN6O. The molecule has 1 N–H and O–H groups in total. The minimum absolute atomic E-state index is 0.207. The Labute approximate surface area is 157 Å². The Hall–Kier alpha value is -2.00. The van der Waals surface area contributed by atoms with Crippen molar-refractivity contribution in [3.05, 3.63) is 16.5 Å². The van der Waals surface area contributed by atoms with Gasteiger partial charge in [0.25, 0.3) is 0 Å². The summed E-state index contributed by atoms with van der Waals surface area (Å²) in [5.74, 6) is 0.183. The summed E-state index contributed by atoms with van der Waals surface area (Å²) in [7, 11) is 2.09. The fourth-order valence-corrected chi connectivity index (χ4v) is 4.34. The van der Waals surface area contributed by atoms with Crippen LogP contribution in [0.5, 0.6) is 6.01 Å². The van der Waals surface area contributed by atoms with Crippen molar-refractivity contribution in [2.24, 2.45) is 0 Å². The maximum Gasteiger partial charge on any atom is 0.319 e. The van der Waals surface area contributed by atoms with Crippen LogP contribution in [0.3, 0.4) is 0 Å². The second-order valence-electron chi connectivity index (χ2n) is 6.85. The molecule has 2 aliphatic rings. The third-order valence-corrected chi connectivity index (χ3v) is 6.07. The van der Waals surface area contributed by atoms with Crippen molar-refractivity contribution in [3.8, 4) is 6.01 Å². The zero-order valence-electron chi connectivity index (χ0n) is 14.3. The molecule has 9 heteroatoms. The fourth-order valence-electron chi connectivity index (χ4n) is 3.86. The van der Waals surface area contributed by atoms with E-state index in [0.29, 0.717) is 41.4 Å². The van der Waals surface area contributed by atoms with Crippen molar-refractivity contribution in [3.63, 3.8) is 0 Å². The number of anilines is 1. The highest BCUT2D eigenvalue weighted by atomic mass is 79.9. The van der Waals surface area contributed by atoms with Crippen molar-refractivity contribution < 1.29 is 9.13 Å². The van der Waals surface area contributed by atoms with Crippen LogP contribution in [-0.2, 0) is 6.54 Å². The molecule has 0 spiro atoms. The first-order valence-electron chi connectivity index (χ1n) is 8.74. The lowest BCUT2D eigenvalue weighted by Gasteiger charge is -2.19. The summed E-state index contributed by atoms with van der Waals surface area (Å²) in [6.45, 7) is 2.91. The Morgan fingerprint density at radius 3 is 3.08 bits per heavy atom. The van der Waals surface area contributed by atoms with Gasteiger partial charge in [-0.15, -0.1) is 0 Å². The van der Waals surface area contributed by atoms with Gasteiger partial charge in [0.05, 0.1) is 28.1 Å². The molecule has 0 aliphatic carbocycles. The lowest BCUT2D eigenvalue weighted by molar-refractivity contribution is 0.188. The van der Waals surface area contributed by atoms with Gasteiger partial charge in [0.1, 0.15) is 17.9 Å². The zero-order chi connectivity index (χ0) is 17.8. The van der Waals surface area contributed by atoms with Gasteiger partial charge in [0.15, 0.2) is 5.82 Å². The van der Waals surface area contributed by atoms with Gasteiger partial charge in [-0.3, -0.25) is 4.68 Å². The average Bonchev–Trinajstić information content (AvgIpc) is 3.19. The summed E-state index contributed by atoms with van der Waals surface area (Å²) in [5, 5.41) is 9.02. The van der Waals surface area contributed by atoms with Crippen LogP contribution in [0.2, 0.25) is 0 Å². The molecule has 0 saturated carbocycles. The number of hydrogen-bond donors (Lipinski definition) is 1. The minimum atomic E-state index is -0.415. The Morgan fingerprint density at radius 1 is 1.38 bits per heavy atom. The van der Waals surface area contributed by atoms with Crippen LogP contribution < -0.4 is 10.1 Å². The van der Waals surface area contributed by atoms with Crippen LogP contribution in [0.1, 0.15) is 12.8 Å². The highest BCUT2D eigenvalue weighted by Crippen LogP contribution is 2.39. The highest BCUT2D eigenvalue weighted by molar-refractivity contribution is 9.10. The number of aromatic nitrogens is 4. The summed E-state index contributed by atoms with van der Waals surface area (Å²) in [6, 6.07) is 0.556. The molecule has 0 bridgehead atoms. The summed E-state index contributed by atoms with van der Waals surface area (Å²) < 4.78 is 23.1. The molecule has 26 heavy (non-hydrogen) atoms. The van der Waals surface area contributed by atoms with Crippen LogP contribution >= 0.6 is 15.9 Å². The van der Waals surface area contributed by atoms with Gasteiger partial charge in [0.2, 0.25) is 0 Å². The third kappa shape index (κ3) is 2.37. The van der Waals surface area contributed by atoms with Crippen LogP contribution in [0, 0.1) is 5.82 Å². The number of hydrogen-bond acceptors (Lipinski definition) is 6. The largest absolute Gasteiger partial charge is 0.462 e. The molecule has 0 radical (unpaired) electrons. The Bertz CT molecular complexity index is 1020. The van der Waals surface area contributed by atoms with Gasteiger partial charge in [0, 0.05) is 18.0 Å². The van der Waals surface area contributed by atoms with E-state index in [-0.39, 0.29) is 11.5 Å². The van der Waals surface area contributed by atoms with E-state index in [4.69, 9.17) is 4.74 Å². The molecule has 1 saturated heterocycles. The van der Waals surface area contributed by atoms with Gasteiger partial charge < -0.3 is 15.0 Å². The Morgan fingerprint density at radius 2 is 2.27 bits per heavy atom. The standard InChI is InChI=1S/C17H18BrFN6O/c1-24-5-2-3-9(24)8-26-17-22-14-11-15-10(12(18)13(14)19)7-21-25(15)6-4-20-16(11)23-17/h7,9H,2-6,8H2,1H3,(H,20,22,23)/t9-/m0/s1. The maximum atomic E-state index is 15.0. The molecule has 136 valence electrons.